The summed E-state index contributed by atoms with van der Waals surface area (Å²) in [5.74, 6) is 1.25. The molecular weight excluding hydrogens is 460 g/mol. The molecule has 0 aromatic heterocycles. The van der Waals surface area contributed by atoms with E-state index >= 15 is 0 Å². The minimum atomic E-state index is -0.550. The van der Waals surface area contributed by atoms with Gasteiger partial charge in [-0.25, -0.2) is 0 Å². The lowest BCUT2D eigenvalue weighted by atomic mass is 9.84. The third-order valence-corrected chi connectivity index (χ3v) is 9.37. The van der Waals surface area contributed by atoms with Crippen molar-refractivity contribution in [1.29, 1.82) is 0 Å². The molecule has 5 heterocycles. The second-order valence-electron chi connectivity index (χ2n) is 10.5. The molecule has 0 radical (unpaired) electrons. The predicted molar refractivity (Wildman–Crippen MR) is 137 cm³/mol. The maximum Gasteiger partial charge on any atom is 0.255 e. The summed E-state index contributed by atoms with van der Waals surface area (Å²) in [6.45, 7) is 5.47. The molecule has 7 nitrogen and oxygen atoms in total. The van der Waals surface area contributed by atoms with Crippen molar-refractivity contribution in [2.75, 3.05) is 31.9 Å². The molecule has 1 aromatic carbocycles. The molecule has 0 aliphatic carbocycles. The van der Waals surface area contributed by atoms with Crippen molar-refractivity contribution in [1.82, 2.24) is 20.4 Å². The average molecular weight is 499 g/mol. The first-order valence-electron chi connectivity index (χ1n) is 13.5. The van der Waals surface area contributed by atoms with Crippen LogP contribution in [-0.2, 0) is 16.1 Å². The highest BCUT2D eigenvalue weighted by Gasteiger charge is 2.39. The van der Waals surface area contributed by atoms with Crippen molar-refractivity contribution in [3.63, 3.8) is 0 Å². The molecule has 6 rings (SSSR count). The lowest BCUT2D eigenvalue weighted by Crippen LogP contribution is -2.56. The van der Waals surface area contributed by atoms with Crippen LogP contribution in [0.3, 0.4) is 0 Å². The number of amides is 3. The Labute approximate surface area is 212 Å². The van der Waals surface area contributed by atoms with Crippen molar-refractivity contribution in [3.8, 4) is 0 Å². The first kappa shape index (κ1) is 24.8. The number of nitrogens with one attached hydrogen (secondary N) is 2. The third-order valence-electron chi connectivity index (χ3n) is 8.18. The zero-order valence-corrected chi connectivity index (χ0v) is 21.4. The minimum absolute atomic E-state index is 0.0937. The molecule has 4 fully saturated rings. The first-order valence-corrected chi connectivity index (χ1v) is 14.4. The van der Waals surface area contributed by atoms with Crippen molar-refractivity contribution in [2.45, 2.75) is 81.3 Å². The van der Waals surface area contributed by atoms with E-state index in [0.29, 0.717) is 18.5 Å². The molecule has 1 aromatic rings. The summed E-state index contributed by atoms with van der Waals surface area (Å²) in [6.07, 6.45) is 9.68. The average Bonchev–Trinajstić information content (AvgIpc) is 3.20. The molecule has 5 aliphatic rings. The topological polar surface area (TPSA) is 81.8 Å². The number of imide groups is 1. The Hall–Kier alpha value is -1.90. The highest BCUT2D eigenvalue weighted by Crippen LogP contribution is 2.34. The van der Waals surface area contributed by atoms with E-state index in [1.165, 1.54) is 64.6 Å². The van der Waals surface area contributed by atoms with Gasteiger partial charge in [-0.15, -0.1) is 11.8 Å². The zero-order valence-electron chi connectivity index (χ0n) is 20.6. The zero-order chi connectivity index (χ0) is 24.2. The quantitative estimate of drug-likeness (QED) is 0.277. The van der Waals surface area contributed by atoms with Gasteiger partial charge in [0.05, 0.1) is 0 Å². The van der Waals surface area contributed by atoms with Gasteiger partial charge in [-0.2, -0.15) is 0 Å². The lowest BCUT2D eigenvalue weighted by molar-refractivity contribution is -0.136. The monoisotopic (exact) mass is 498 g/mol. The number of fused-ring (bicyclic) bond motifs is 4. The maximum atomic E-state index is 13.0. The van der Waals surface area contributed by atoms with E-state index in [0.717, 1.165) is 34.7 Å². The fraction of sp³-hybridized carbons (Fsp3) is 0.667. The minimum Gasteiger partial charge on any atom is -0.322 e. The lowest BCUT2D eigenvalue weighted by Gasteiger charge is -2.45. The van der Waals surface area contributed by atoms with Gasteiger partial charge in [0.2, 0.25) is 11.8 Å². The van der Waals surface area contributed by atoms with E-state index in [9.17, 15) is 14.4 Å². The number of unbranched alkanes of at least 4 members (excludes halogenated alkanes) is 4. The molecule has 4 saturated heterocycles. The van der Waals surface area contributed by atoms with Gasteiger partial charge in [0.1, 0.15) is 6.04 Å². The Kier molecular flexibility index (Phi) is 8.10. The number of hydrogen-bond acceptors (Lipinski definition) is 6. The Morgan fingerprint density at radius 3 is 2.57 bits per heavy atom. The van der Waals surface area contributed by atoms with Gasteiger partial charge in [-0.05, 0) is 81.1 Å². The van der Waals surface area contributed by atoms with Crippen molar-refractivity contribution >= 4 is 29.5 Å². The fourth-order valence-corrected chi connectivity index (χ4v) is 7.21. The number of rotatable bonds is 11. The van der Waals surface area contributed by atoms with Crippen LogP contribution in [0, 0.1) is 5.92 Å². The molecule has 3 amide bonds. The highest BCUT2D eigenvalue weighted by atomic mass is 32.2. The Bertz CT molecular complexity index is 946. The summed E-state index contributed by atoms with van der Waals surface area (Å²) in [5, 5.41) is 6.19. The van der Waals surface area contributed by atoms with Crippen LogP contribution in [0.2, 0.25) is 0 Å². The molecule has 190 valence electrons. The Morgan fingerprint density at radius 1 is 1.00 bits per heavy atom. The highest BCUT2D eigenvalue weighted by molar-refractivity contribution is 7.99. The van der Waals surface area contributed by atoms with E-state index in [1.807, 2.05) is 23.9 Å². The predicted octanol–water partition coefficient (Wildman–Crippen LogP) is 3.17. The van der Waals surface area contributed by atoms with E-state index < -0.39 is 6.04 Å². The van der Waals surface area contributed by atoms with Gasteiger partial charge in [-0.3, -0.25) is 19.7 Å². The van der Waals surface area contributed by atoms with Gasteiger partial charge in [0, 0.05) is 36.0 Å². The summed E-state index contributed by atoms with van der Waals surface area (Å²) in [6, 6.07) is 6.06. The summed E-state index contributed by atoms with van der Waals surface area (Å²) in [4.78, 5) is 42.1. The number of carbonyl (C=O) groups excluding carboxylic acids is 3. The summed E-state index contributed by atoms with van der Waals surface area (Å²) >= 11 is 1.82. The Morgan fingerprint density at radius 2 is 1.80 bits per heavy atom. The number of piperidine rings is 4. The molecule has 0 spiro atoms. The molecule has 8 heteroatoms. The number of hydrogen-bond donors (Lipinski definition) is 2. The molecule has 0 saturated carbocycles. The van der Waals surface area contributed by atoms with Crippen LogP contribution in [-0.4, -0.2) is 71.5 Å². The normalized spacial score (nSPS) is 27.9. The van der Waals surface area contributed by atoms with Crippen LogP contribution in [0.15, 0.2) is 23.1 Å². The summed E-state index contributed by atoms with van der Waals surface area (Å²) in [5.41, 5.74) is 1.74. The summed E-state index contributed by atoms with van der Waals surface area (Å²) in [7, 11) is 0. The molecule has 1 unspecified atom stereocenters. The van der Waals surface area contributed by atoms with Gasteiger partial charge >= 0.3 is 0 Å². The van der Waals surface area contributed by atoms with Crippen LogP contribution < -0.4 is 10.6 Å². The van der Waals surface area contributed by atoms with Crippen LogP contribution in [0.1, 0.15) is 73.7 Å². The third kappa shape index (κ3) is 5.75. The molecule has 2 N–H and O–H groups in total. The van der Waals surface area contributed by atoms with Gasteiger partial charge < -0.3 is 15.1 Å². The second kappa shape index (κ2) is 11.4. The van der Waals surface area contributed by atoms with Crippen LogP contribution >= 0.6 is 11.8 Å². The second-order valence-corrected chi connectivity index (χ2v) is 11.6. The van der Waals surface area contributed by atoms with Gasteiger partial charge in [0.15, 0.2) is 0 Å². The van der Waals surface area contributed by atoms with Crippen molar-refractivity contribution < 1.29 is 14.4 Å². The standard InChI is InChI=1S/C27H38N4O3S/c32-25-10-9-23(26(33)29-25)31-17-21-20(27(31)34)7-6-8-24(21)35-16-5-3-1-2-4-13-28-22-18-30-14-11-19(22)12-15-30/h6-8,19,22-23,28H,1-5,9-18H2,(H,29,32,33)/t22-,23?/m1/s1. The van der Waals surface area contributed by atoms with Crippen LogP contribution in [0.25, 0.3) is 0 Å². The van der Waals surface area contributed by atoms with Crippen LogP contribution in [0.5, 0.6) is 0 Å². The smallest absolute Gasteiger partial charge is 0.255 e. The largest absolute Gasteiger partial charge is 0.322 e. The van der Waals surface area contributed by atoms with E-state index in [4.69, 9.17) is 0 Å². The number of carbonyl (C=O) groups is 3. The first-order chi connectivity index (χ1) is 17.1. The SMILES string of the molecule is O=C1CCC(N2Cc3c(SCCCCCCCN[C@@H]4CN5CCC4CC5)cccc3C2=O)C(=O)N1. The summed E-state index contributed by atoms with van der Waals surface area (Å²) < 4.78 is 0. The fourth-order valence-electron chi connectivity index (χ4n) is 6.12. The van der Waals surface area contributed by atoms with Crippen molar-refractivity contribution in [3.05, 3.63) is 29.3 Å². The Balaban J connectivity index is 0.995. The van der Waals surface area contributed by atoms with E-state index in [1.54, 1.807) is 4.90 Å². The van der Waals surface area contributed by atoms with Crippen molar-refractivity contribution in [2.24, 2.45) is 5.92 Å². The molecule has 5 aliphatic heterocycles. The van der Waals surface area contributed by atoms with Gasteiger partial charge in [0.25, 0.3) is 5.91 Å². The number of nitrogens with zero attached hydrogens (tertiary/aromatic N) is 2. The number of thioether (sulfide) groups is 1. The number of benzene rings is 1. The molecule has 2 atom stereocenters. The van der Waals surface area contributed by atoms with E-state index in [-0.39, 0.29) is 24.1 Å². The molecule has 35 heavy (non-hydrogen) atoms. The van der Waals surface area contributed by atoms with Crippen LogP contribution in [0.4, 0.5) is 0 Å². The molecule has 2 bridgehead atoms. The van der Waals surface area contributed by atoms with E-state index in [2.05, 4.69) is 21.6 Å². The maximum absolute atomic E-state index is 13.0. The van der Waals surface area contributed by atoms with Gasteiger partial charge in [-0.1, -0.05) is 25.3 Å². The molecular formula is C27H38N4O3S.